The minimum Gasteiger partial charge on any atom is -0.355 e. The molecule has 1 atom stereocenters. The number of aromatic amines is 1. The molecule has 0 radical (unpaired) electrons. The van der Waals surface area contributed by atoms with Gasteiger partial charge >= 0.3 is 0 Å². The summed E-state index contributed by atoms with van der Waals surface area (Å²) in [6.45, 7) is 3.15. The summed E-state index contributed by atoms with van der Waals surface area (Å²) in [5, 5.41) is 14.6. The number of rotatable bonds is 3. The Balaban J connectivity index is 1.57. The lowest BCUT2D eigenvalue weighted by atomic mass is 9.93. The molecule has 4 rings (SSSR count). The van der Waals surface area contributed by atoms with Crippen molar-refractivity contribution < 1.29 is 9.32 Å². The first-order valence-corrected chi connectivity index (χ1v) is 8.40. The molecule has 0 spiro atoms. The van der Waals surface area contributed by atoms with Crippen LogP contribution in [0.15, 0.2) is 16.9 Å². The Kier molecular flexibility index (Phi) is 3.81. The summed E-state index contributed by atoms with van der Waals surface area (Å²) in [5.74, 6) is 0.913. The van der Waals surface area contributed by atoms with Crippen LogP contribution in [0.2, 0.25) is 0 Å². The Morgan fingerprint density at radius 3 is 3.17 bits per heavy atom. The molecular weight excluding hydrogens is 330 g/mol. The molecule has 3 aromatic rings. The molecule has 4 heterocycles. The number of hydrogen-bond acceptors (Lipinski definition) is 8. The highest BCUT2D eigenvalue weighted by Gasteiger charge is 2.31. The molecule has 0 bridgehead atoms. The molecule has 10 heteroatoms. The van der Waals surface area contributed by atoms with Crippen LogP contribution in [0.1, 0.15) is 40.8 Å². The SMILES string of the molecule is Cc1cc(-c2snnc2C2CCCN(C(=O)c3ncn[nH]3)C2)on1. The zero-order valence-electron chi connectivity index (χ0n) is 13.0. The van der Waals surface area contributed by atoms with Crippen LogP contribution in [0, 0.1) is 6.92 Å². The highest BCUT2D eigenvalue weighted by atomic mass is 32.1. The van der Waals surface area contributed by atoms with Crippen molar-refractivity contribution in [2.45, 2.75) is 25.7 Å². The van der Waals surface area contributed by atoms with Gasteiger partial charge in [-0.1, -0.05) is 9.64 Å². The molecule has 1 amide bonds. The Morgan fingerprint density at radius 1 is 1.50 bits per heavy atom. The third-order valence-electron chi connectivity index (χ3n) is 4.08. The van der Waals surface area contributed by atoms with Gasteiger partial charge in [0, 0.05) is 25.1 Å². The van der Waals surface area contributed by atoms with Crippen molar-refractivity contribution in [2.24, 2.45) is 0 Å². The molecule has 1 fully saturated rings. The van der Waals surface area contributed by atoms with Crippen LogP contribution >= 0.6 is 11.5 Å². The maximum absolute atomic E-state index is 12.5. The molecule has 1 aliphatic heterocycles. The second-order valence-corrected chi connectivity index (χ2v) is 6.50. The van der Waals surface area contributed by atoms with E-state index in [0.29, 0.717) is 18.8 Å². The fourth-order valence-corrected chi connectivity index (χ4v) is 3.65. The lowest BCUT2D eigenvalue weighted by molar-refractivity contribution is 0.0694. The molecule has 0 aliphatic carbocycles. The largest absolute Gasteiger partial charge is 0.355 e. The Bertz CT molecular complexity index is 841. The summed E-state index contributed by atoms with van der Waals surface area (Å²) in [5.41, 5.74) is 1.68. The van der Waals surface area contributed by atoms with Gasteiger partial charge in [0.05, 0.1) is 11.4 Å². The fourth-order valence-electron chi connectivity index (χ4n) is 2.95. The highest BCUT2D eigenvalue weighted by Crippen LogP contribution is 2.35. The van der Waals surface area contributed by atoms with Gasteiger partial charge in [-0.05, 0) is 31.3 Å². The van der Waals surface area contributed by atoms with Gasteiger partial charge in [0.2, 0.25) is 5.82 Å². The number of amides is 1. The zero-order chi connectivity index (χ0) is 16.5. The number of nitrogens with zero attached hydrogens (tertiary/aromatic N) is 6. The van der Waals surface area contributed by atoms with Crippen LogP contribution in [0.4, 0.5) is 0 Å². The normalized spacial score (nSPS) is 18.0. The van der Waals surface area contributed by atoms with E-state index in [-0.39, 0.29) is 17.6 Å². The summed E-state index contributed by atoms with van der Waals surface area (Å²) < 4.78 is 9.42. The summed E-state index contributed by atoms with van der Waals surface area (Å²) in [6, 6.07) is 1.87. The van der Waals surface area contributed by atoms with Crippen LogP contribution in [-0.2, 0) is 0 Å². The van der Waals surface area contributed by atoms with E-state index in [2.05, 4.69) is 29.9 Å². The Morgan fingerprint density at radius 2 is 2.42 bits per heavy atom. The van der Waals surface area contributed by atoms with Crippen molar-refractivity contribution in [1.82, 2.24) is 34.8 Å². The second kappa shape index (κ2) is 6.11. The molecule has 1 unspecified atom stereocenters. The van der Waals surface area contributed by atoms with Crippen molar-refractivity contribution in [3.05, 3.63) is 29.6 Å². The number of piperidine rings is 1. The predicted molar refractivity (Wildman–Crippen MR) is 84.4 cm³/mol. The molecule has 3 aromatic heterocycles. The number of likely N-dealkylation sites (tertiary alicyclic amines) is 1. The number of H-pyrrole nitrogens is 1. The van der Waals surface area contributed by atoms with Crippen LogP contribution in [0.5, 0.6) is 0 Å². The third kappa shape index (κ3) is 2.68. The molecular formula is C14H15N7O2S. The summed E-state index contributed by atoms with van der Waals surface area (Å²) in [4.78, 5) is 19.1. The number of hydrogen-bond donors (Lipinski definition) is 1. The van der Waals surface area contributed by atoms with E-state index >= 15 is 0 Å². The van der Waals surface area contributed by atoms with E-state index in [1.807, 2.05) is 13.0 Å². The van der Waals surface area contributed by atoms with E-state index in [4.69, 9.17) is 4.52 Å². The molecule has 9 nitrogen and oxygen atoms in total. The molecule has 24 heavy (non-hydrogen) atoms. The van der Waals surface area contributed by atoms with Crippen LogP contribution < -0.4 is 0 Å². The summed E-state index contributed by atoms with van der Waals surface area (Å²) in [7, 11) is 0. The summed E-state index contributed by atoms with van der Waals surface area (Å²) >= 11 is 1.29. The van der Waals surface area contributed by atoms with E-state index in [1.54, 1.807) is 4.90 Å². The standard InChI is InChI=1S/C14H15N7O2S/c1-8-5-10(23-19-8)12-11(17-20-24-12)9-3-2-4-21(6-9)14(22)13-15-7-16-18-13/h5,7,9H,2-4,6H2,1H3,(H,15,16,18). The number of nitrogens with one attached hydrogen (secondary N) is 1. The van der Waals surface area contributed by atoms with Crippen LogP contribution in [-0.4, -0.2) is 53.8 Å². The Hall–Kier alpha value is -2.62. The predicted octanol–water partition coefficient (Wildman–Crippen LogP) is 1.64. The minimum atomic E-state index is -0.141. The molecule has 124 valence electrons. The molecule has 1 N–H and O–H groups in total. The Labute approximate surface area is 141 Å². The van der Waals surface area contributed by atoms with E-state index in [0.717, 1.165) is 29.1 Å². The summed E-state index contributed by atoms with van der Waals surface area (Å²) in [6.07, 6.45) is 3.19. The zero-order valence-corrected chi connectivity index (χ0v) is 13.8. The average molecular weight is 345 g/mol. The smallest absolute Gasteiger partial charge is 0.291 e. The van der Waals surface area contributed by atoms with Crippen LogP contribution in [0.25, 0.3) is 10.6 Å². The fraction of sp³-hybridized carbons (Fsp3) is 0.429. The van der Waals surface area contributed by atoms with E-state index < -0.39 is 0 Å². The first-order valence-electron chi connectivity index (χ1n) is 7.63. The van der Waals surface area contributed by atoms with E-state index in [9.17, 15) is 4.79 Å². The highest BCUT2D eigenvalue weighted by molar-refractivity contribution is 7.09. The van der Waals surface area contributed by atoms with Crippen molar-refractivity contribution in [3.8, 4) is 10.6 Å². The maximum atomic E-state index is 12.5. The monoisotopic (exact) mass is 345 g/mol. The average Bonchev–Trinajstić information content (AvgIpc) is 3.35. The number of carbonyl (C=O) groups is 1. The molecule has 0 aromatic carbocycles. The molecule has 1 saturated heterocycles. The maximum Gasteiger partial charge on any atom is 0.291 e. The lowest BCUT2D eigenvalue weighted by Gasteiger charge is -2.31. The second-order valence-electron chi connectivity index (χ2n) is 5.74. The quantitative estimate of drug-likeness (QED) is 0.767. The topological polar surface area (TPSA) is 114 Å². The van der Waals surface area contributed by atoms with E-state index in [1.165, 1.54) is 17.9 Å². The number of aryl methyl sites for hydroxylation is 1. The molecule has 1 aliphatic rings. The van der Waals surface area contributed by atoms with Crippen molar-refractivity contribution in [3.63, 3.8) is 0 Å². The van der Waals surface area contributed by atoms with Gasteiger partial charge < -0.3 is 9.42 Å². The third-order valence-corrected chi connectivity index (χ3v) is 4.83. The van der Waals surface area contributed by atoms with Gasteiger partial charge in [-0.2, -0.15) is 5.10 Å². The van der Waals surface area contributed by atoms with Crippen molar-refractivity contribution in [1.29, 1.82) is 0 Å². The van der Waals surface area contributed by atoms with Crippen molar-refractivity contribution >= 4 is 17.4 Å². The van der Waals surface area contributed by atoms with Gasteiger partial charge in [-0.25, -0.2) is 4.98 Å². The lowest BCUT2D eigenvalue weighted by Crippen LogP contribution is -2.39. The first-order chi connectivity index (χ1) is 11.7. The van der Waals surface area contributed by atoms with Gasteiger partial charge in [-0.15, -0.1) is 5.10 Å². The van der Waals surface area contributed by atoms with Crippen LogP contribution in [0.3, 0.4) is 0 Å². The first kappa shape index (κ1) is 14.9. The number of aromatic nitrogens is 6. The minimum absolute atomic E-state index is 0.116. The van der Waals surface area contributed by atoms with Gasteiger partial charge in [0.25, 0.3) is 5.91 Å². The molecule has 0 saturated carbocycles. The van der Waals surface area contributed by atoms with Gasteiger partial charge in [-0.3, -0.25) is 9.89 Å². The van der Waals surface area contributed by atoms with Gasteiger partial charge in [0.15, 0.2) is 5.76 Å². The number of carbonyl (C=O) groups excluding carboxylic acids is 1. The van der Waals surface area contributed by atoms with Crippen molar-refractivity contribution in [2.75, 3.05) is 13.1 Å². The van der Waals surface area contributed by atoms with Gasteiger partial charge in [0.1, 0.15) is 11.2 Å².